The van der Waals surface area contributed by atoms with Crippen molar-refractivity contribution in [3.8, 4) is 0 Å². The molecule has 0 N–H and O–H groups in total. The third-order valence-electron chi connectivity index (χ3n) is 2.38. The van der Waals surface area contributed by atoms with Gasteiger partial charge >= 0.3 is 5.97 Å². The summed E-state index contributed by atoms with van der Waals surface area (Å²) < 4.78 is 7.07. The number of esters is 1. The fourth-order valence-corrected chi connectivity index (χ4v) is 2.81. The van der Waals surface area contributed by atoms with Gasteiger partial charge in [0.25, 0.3) is 0 Å². The fourth-order valence-electron chi connectivity index (χ4n) is 1.47. The Morgan fingerprint density at radius 1 is 1.59 bits per heavy atom. The Balaban J connectivity index is 2.33. The summed E-state index contributed by atoms with van der Waals surface area (Å²) >= 11 is 4.94. The summed E-state index contributed by atoms with van der Waals surface area (Å²) in [6.07, 6.45) is 0. The van der Waals surface area contributed by atoms with Crippen LogP contribution in [-0.4, -0.2) is 17.6 Å². The summed E-state index contributed by atoms with van der Waals surface area (Å²) in [7, 11) is 0. The van der Waals surface area contributed by atoms with Crippen molar-refractivity contribution in [2.24, 2.45) is 0 Å². The second-order valence-electron chi connectivity index (χ2n) is 3.64. The zero-order valence-electron chi connectivity index (χ0n) is 9.57. The number of rotatable bonds is 3. The molecule has 2 rings (SSSR count). The van der Waals surface area contributed by atoms with Gasteiger partial charge in [-0.25, -0.2) is 4.98 Å². The molecule has 0 aliphatic carbocycles. The van der Waals surface area contributed by atoms with Crippen molar-refractivity contribution in [2.45, 2.75) is 19.8 Å². The van der Waals surface area contributed by atoms with Crippen LogP contribution < -0.4 is 0 Å². The molecule has 0 radical (unpaired) electrons. The first kappa shape index (κ1) is 12.5. The Bertz CT molecular complexity index is 552. The lowest BCUT2D eigenvalue weighted by atomic mass is 10.2. The molecule has 1 heterocycles. The van der Waals surface area contributed by atoms with Crippen LogP contribution in [0.25, 0.3) is 10.2 Å². The van der Waals surface area contributed by atoms with E-state index in [-0.39, 0.29) is 11.9 Å². The number of aromatic nitrogens is 1. The van der Waals surface area contributed by atoms with Crippen LogP contribution >= 0.6 is 27.3 Å². The highest BCUT2D eigenvalue weighted by atomic mass is 79.9. The fraction of sp³-hybridized carbons (Fsp3) is 0.333. The molecule has 0 spiro atoms. The number of thiazole rings is 1. The lowest BCUT2D eigenvalue weighted by molar-refractivity contribution is -0.144. The minimum Gasteiger partial charge on any atom is -0.465 e. The van der Waals surface area contributed by atoms with Gasteiger partial charge in [-0.3, -0.25) is 4.79 Å². The molecule has 0 aliphatic heterocycles. The molecule has 1 aromatic carbocycles. The summed E-state index contributed by atoms with van der Waals surface area (Å²) in [4.78, 5) is 16.1. The van der Waals surface area contributed by atoms with E-state index in [1.165, 1.54) is 11.3 Å². The zero-order valence-corrected chi connectivity index (χ0v) is 12.0. The first-order chi connectivity index (χ1) is 8.11. The van der Waals surface area contributed by atoms with Gasteiger partial charge in [-0.2, -0.15) is 0 Å². The summed E-state index contributed by atoms with van der Waals surface area (Å²) in [6, 6.07) is 5.92. The first-order valence-corrected chi connectivity index (χ1v) is 6.95. The van der Waals surface area contributed by atoms with Gasteiger partial charge < -0.3 is 4.74 Å². The van der Waals surface area contributed by atoms with Crippen LogP contribution in [0, 0.1) is 0 Å². The lowest BCUT2D eigenvalue weighted by Crippen LogP contribution is -2.12. The van der Waals surface area contributed by atoms with Crippen molar-refractivity contribution in [3.05, 3.63) is 27.7 Å². The average molecular weight is 314 g/mol. The molecule has 0 saturated heterocycles. The van der Waals surface area contributed by atoms with Crippen molar-refractivity contribution < 1.29 is 9.53 Å². The summed E-state index contributed by atoms with van der Waals surface area (Å²) in [5.74, 6) is -0.517. The molecule has 90 valence electrons. The van der Waals surface area contributed by atoms with E-state index in [1.54, 1.807) is 6.92 Å². The number of hydrogen-bond donors (Lipinski definition) is 0. The number of fused-ring (bicyclic) bond motifs is 1. The summed E-state index contributed by atoms with van der Waals surface area (Å²) in [6.45, 7) is 4.03. The number of nitrogens with zero attached hydrogens (tertiary/aromatic N) is 1. The monoisotopic (exact) mass is 313 g/mol. The Labute approximate surface area is 112 Å². The summed E-state index contributed by atoms with van der Waals surface area (Å²) in [5.41, 5.74) is 0.913. The number of ether oxygens (including phenoxy) is 1. The predicted octanol–water partition coefficient (Wildman–Crippen LogP) is 3.73. The number of carbonyl (C=O) groups excluding carboxylic acids is 1. The van der Waals surface area contributed by atoms with E-state index in [0.29, 0.717) is 6.61 Å². The maximum Gasteiger partial charge on any atom is 0.315 e. The zero-order chi connectivity index (χ0) is 12.4. The third-order valence-corrected chi connectivity index (χ3v) is 4.09. The lowest BCUT2D eigenvalue weighted by Gasteiger charge is -2.06. The molecule has 0 amide bonds. The van der Waals surface area contributed by atoms with Crippen molar-refractivity contribution >= 4 is 43.5 Å². The molecule has 0 fully saturated rings. The minimum absolute atomic E-state index is 0.217. The highest BCUT2D eigenvalue weighted by Gasteiger charge is 2.20. The van der Waals surface area contributed by atoms with E-state index in [0.717, 1.165) is 19.7 Å². The van der Waals surface area contributed by atoms with Crippen molar-refractivity contribution in [1.29, 1.82) is 0 Å². The van der Waals surface area contributed by atoms with Gasteiger partial charge in [0.15, 0.2) is 0 Å². The van der Waals surface area contributed by atoms with Crippen LogP contribution in [-0.2, 0) is 9.53 Å². The van der Waals surface area contributed by atoms with Crippen LogP contribution in [0.4, 0.5) is 0 Å². The maximum atomic E-state index is 11.6. The molecular formula is C12H12BrNO2S. The largest absolute Gasteiger partial charge is 0.465 e. The van der Waals surface area contributed by atoms with E-state index in [1.807, 2.05) is 25.1 Å². The summed E-state index contributed by atoms with van der Waals surface area (Å²) in [5, 5.41) is 0.802. The number of hydrogen-bond acceptors (Lipinski definition) is 4. The molecule has 3 nitrogen and oxygen atoms in total. The van der Waals surface area contributed by atoms with E-state index < -0.39 is 0 Å². The van der Waals surface area contributed by atoms with Crippen LogP contribution in [0.3, 0.4) is 0 Å². The molecule has 0 bridgehead atoms. The smallest absolute Gasteiger partial charge is 0.315 e. The van der Waals surface area contributed by atoms with Crippen LogP contribution in [0.15, 0.2) is 22.7 Å². The SMILES string of the molecule is CCOC(=O)C(C)c1nc2cc(Br)ccc2s1. The Kier molecular flexibility index (Phi) is 3.79. The first-order valence-electron chi connectivity index (χ1n) is 5.34. The topological polar surface area (TPSA) is 39.2 Å². The number of benzene rings is 1. The molecule has 1 atom stereocenters. The number of halogens is 1. The van der Waals surface area contributed by atoms with Gasteiger partial charge in [0.05, 0.1) is 16.8 Å². The van der Waals surface area contributed by atoms with E-state index in [9.17, 15) is 4.79 Å². The van der Waals surface area contributed by atoms with Gasteiger partial charge in [-0.15, -0.1) is 11.3 Å². The van der Waals surface area contributed by atoms with Gasteiger partial charge in [0.2, 0.25) is 0 Å². The third kappa shape index (κ3) is 2.66. The highest BCUT2D eigenvalue weighted by Crippen LogP contribution is 2.29. The maximum absolute atomic E-state index is 11.6. The Hall–Kier alpha value is -0.940. The minimum atomic E-state index is -0.300. The average Bonchev–Trinajstić information content (AvgIpc) is 2.71. The van der Waals surface area contributed by atoms with Gasteiger partial charge in [-0.05, 0) is 32.0 Å². The molecule has 17 heavy (non-hydrogen) atoms. The molecule has 1 unspecified atom stereocenters. The van der Waals surface area contributed by atoms with Gasteiger partial charge in [-0.1, -0.05) is 15.9 Å². The highest BCUT2D eigenvalue weighted by molar-refractivity contribution is 9.10. The van der Waals surface area contributed by atoms with Crippen molar-refractivity contribution in [3.63, 3.8) is 0 Å². The van der Waals surface area contributed by atoms with Crippen molar-refractivity contribution in [2.75, 3.05) is 6.61 Å². The van der Waals surface area contributed by atoms with E-state index in [2.05, 4.69) is 20.9 Å². The van der Waals surface area contributed by atoms with Gasteiger partial charge in [0.1, 0.15) is 10.9 Å². The second kappa shape index (κ2) is 5.14. The van der Waals surface area contributed by atoms with Gasteiger partial charge in [0, 0.05) is 4.47 Å². The molecule has 2 aromatic rings. The Morgan fingerprint density at radius 3 is 3.06 bits per heavy atom. The predicted molar refractivity (Wildman–Crippen MR) is 72.4 cm³/mol. The van der Waals surface area contributed by atoms with Crippen LogP contribution in [0.5, 0.6) is 0 Å². The van der Waals surface area contributed by atoms with Crippen molar-refractivity contribution in [1.82, 2.24) is 4.98 Å². The van der Waals surface area contributed by atoms with E-state index in [4.69, 9.17) is 4.74 Å². The molecular weight excluding hydrogens is 302 g/mol. The molecule has 0 saturated carbocycles. The quantitative estimate of drug-likeness (QED) is 0.811. The molecule has 1 aromatic heterocycles. The molecule has 0 aliphatic rings. The standard InChI is InChI=1S/C12H12BrNO2S/c1-3-16-12(15)7(2)11-14-9-6-8(13)4-5-10(9)17-11/h4-7H,3H2,1-2H3. The van der Waals surface area contributed by atoms with E-state index >= 15 is 0 Å². The normalized spacial score (nSPS) is 12.6. The molecule has 5 heteroatoms. The Morgan fingerprint density at radius 2 is 2.35 bits per heavy atom. The van der Waals surface area contributed by atoms with Crippen LogP contribution in [0.2, 0.25) is 0 Å². The van der Waals surface area contributed by atoms with Crippen LogP contribution in [0.1, 0.15) is 24.8 Å². The number of carbonyl (C=O) groups is 1. The second-order valence-corrected chi connectivity index (χ2v) is 5.62.